The van der Waals surface area contributed by atoms with E-state index in [1.54, 1.807) is 13.8 Å². The molecule has 7 nitrogen and oxygen atoms in total. The molecule has 1 aromatic heterocycles. The van der Waals surface area contributed by atoms with Crippen molar-refractivity contribution in [2.24, 2.45) is 0 Å². The number of nitrogens with one attached hydrogen (secondary N) is 1. The van der Waals surface area contributed by atoms with Crippen LogP contribution in [0.3, 0.4) is 0 Å². The van der Waals surface area contributed by atoms with Crippen LogP contribution in [-0.4, -0.2) is 42.5 Å². The van der Waals surface area contributed by atoms with E-state index in [0.717, 1.165) is 0 Å². The maximum atomic E-state index is 12.8. The molecule has 0 spiro atoms. The smallest absolute Gasteiger partial charge is 0.344 e. The molecule has 0 aliphatic heterocycles. The summed E-state index contributed by atoms with van der Waals surface area (Å²) < 4.78 is 27.8. The van der Waals surface area contributed by atoms with Crippen LogP contribution >= 0.6 is 0 Å². The highest BCUT2D eigenvalue weighted by molar-refractivity contribution is 6.03. The predicted molar refractivity (Wildman–Crippen MR) is 93.4 cm³/mol. The topological polar surface area (TPSA) is 94.7 Å². The molecule has 1 atom stereocenters. The van der Waals surface area contributed by atoms with E-state index in [4.69, 9.17) is 14.2 Å². The SMILES string of the molecule is COC(=O)c1c(C)[nH]c(C(=O)[C@@H](C)OC(=O)COc2ccc(F)cc2)c1C. The highest BCUT2D eigenvalue weighted by atomic mass is 19.1. The maximum absolute atomic E-state index is 12.8. The summed E-state index contributed by atoms with van der Waals surface area (Å²) in [4.78, 5) is 39.1. The first-order valence-electron chi connectivity index (χ1n) is 8.14. The third-order valence-electron chi connectivity index (χ3n) is 3.92. The van der Waals surface area contributed by atoms with E-state index in [9.17, 15) is 18.8 Å². The zero-order valence-electron chi connectivity index (χ0n) is 15.4. The van der Waals surface area contributed by atoms with E-state index < -0.39 is 36.2 Å². The monoisotopic (exact) mass is 377 g/mol. The van der Waals surface area contributed by atoms with Gasteiger partial charge in [-0.15, -0.1) is 0 Å². The molecule has 0 fully saturated rings. The van der Waals surface area contributed by atoms with Crippen molar-refractivity contribution >= 4 is 17.7 Å². The fraction of sp³-hybridized carbons (Fsp3) is 0.316. The molecule has 1 heterocycles. The Morgan fingerprint density at radius 1 is 1.15 bits per heavy atom. The Balaban J connectivity index is 2.00. The molecule has 0 amide bonds. The number of rotatable bonds is 7. The van der Waals surface area contributed by atoms with Crippen molar-refractivity contribution in [2.45, 2.75) is 26.9 Å². The highest BCUT2D eigenvalue weighted by Gasteiger charge is 2.27. The van der Waals surface area contributed by atoms with Gasteiger partial charge in [-0.2, -0.15) is 0 Å². The van der Waals surface area contributed by atoms with Gasteiger partial charge in [-0.05, 0) is 50.6 Å². The fourth-order valence-electron chi connectivity index (χ4n) is 2.57. The third-order valence-corrected chi connectivity index (χ3v) is 3.92. The van der Waals surface area contributed by atoms with Crippen LogP contribution in [0.5, 0.6) is 5.75 Å². The molecular weight excluding hydrogens is 357 g/mol. The second kappa shape index (κ2) is 8.48. The summed E-state index contributed by atoms with van der Waals surface area (Å²) in [6.45, 7) is 4.24. The number of aryl methyl sites for hydroxylation is 1. The van der Waals surface area contributed by atoms with Crippen molar-refractivity contribution < 1.29 is 33.0 Å². The number of H-pyrrole nitrogens is 1. The van der Waals surface area contributed by atoms with Crippen LogP contribution < -0.4 is 4.74 Å². The number of ether oxygens (including phenoxy) is 3. The lowest BCUT2D eigenvalue weighted by Crippen LogP contribution is -2.28. The number of halogens is 1. The summed E-state index contributed by atoms with van der Waals surface area (Å²) in [5.41, 5.74) is 1.36. The van der Waals surface area contributed by atoms with E-state index in [0.29, 0.717) is 17.0 Å². The van der Waals surface area contributed by atoms with Gasteiger partial charge in [0.1, 0.15) is 11.6 Å². The minimum absolute atomic E-state index is 0.174. The van der Waals surface area contributed by atoms with Gasteiger partial charge in [0.05, 0.1) is 18.4 Å². The third kappa shape index (κ3) is 4.72. The van der Waals surface area contributed by atoms with Crippen LogP contribution in [0.25, 0.3) is 0 Å². The Morgan fingerprint density at radius 2 is 1.78 bits per heavy atom. The standard InChI is InChI=1S/C19H20FNO6/c1-10-16(19(24)25-4)11(2)21-17(10)18(23)12(3)27-15(22)9-26-14-7-5-13(20)6-8-14/h5-8,12,21H,9H2,1-4H3/t12-/m1/s1. The Bertz CT molecular complexity index is 856. The first-order valence-corrected chi connectivity index (χ1v) is 8.14. The minimum atomic E-state index is -1.09. The van der Waals surface area contributed by atoms with Gasteiger partial charge in [0, 0.05) is 5.69 Å². The van der Waals surface area contributed by atoms with Gasteiger partial charge >= 0.3 is 11.9 Å². The van der Waals surface area contributed by atoms with Crippen LogP contribution in [0.4, 0.5) is 4.39 Å². The summed E-state index contributed by atoms with van der Waals surface area (Å²) >= 11 is 0. The van der Waals surface area contributed by atoms with Crippen molar-refractivity contribution in [3.63, 3.8) is 0 Å². The Kier molecular flexibility index (Phi) is 6.33. The first-order chi connectivity index (χ1) is 12.7. The summed E-state index contributed by atoms with van der Waals surface area (Å²) in [5.74, 6) is -1.93. The normalized spacial score (nSPS) is 11.6. The number of aromatic nitrogens is 1. The Morgan fingerprint density at radius 3 is 2.37 bits per heavy atom. The Labute approximate surface area is 155 Å². The number of carbonyl (C=O) groups is 3. The molecule has 0 aliphatic rings. The van der Waals surface area contributed by atoms with E-state index in [1.807, 2.05) is 0 Å². The zero-order valence-corrected chi connectivity index (χ0v) is 15.4. The molecule has 27 heavy (non-hydrogen) atoms. The molecule has 2 rings (SSSR count). The summed E-state index contributed by atoms with van der Waals surface area (Å²) in [6, 6.07) is 5.14. The average molecular weight is 377 g/mol. The first kappa shape index (κ1) is 20.2. The summed E-state index contributed by atoms with van der Waals surface area (Å²) in [5, 5.41) is 0. The highest BCUT2D eigenvalue weighted by Crippen LogP contribution is 2.21. The lowest BCUT2D eigenvalue weighted by atomic mass is 10.1. The van der Waals surface area contributed by atoms with Crippen molar-refractivity contribution in [3.8, 4) is 5.75 Å². The maximum Gasteiger partial charge on any atom is 0.344 e. The summed E-state index contributed by atoms with van der Waals surface area (Å²) in [6.07, 6.45) is -1.09. The van der Waals surface area contributed by atoms with Gasteiger partial charge < -0.3 is 19.2 Å². The molecule has 1 N–H and O–H groups in total. The lowest BCUT2D eigenvalue weighted by molar-refractivity contribution is -0.148. The molecule has 0 radical (unpaired) electrons. The minimum Gasteiger partial charge on any atom is -0.482 e. The number of carbonyl (C=O) groups excluding carboxylic acids is 3. The van der Waals surface area contributed by atoms with Crippen LogP contribution in [0.1, 0.15) is 39.0 Å². The van der Waals surface area contributed by atoms with Crippen LogP contribution in [0.15, 0.2) is 24.3 Å². The molecule has 0 unspecified atom stereocenters. The van der Waals surface area contributed by atoms with E-state index in [2.05, 4.69) is 4.98 Å². The number of ketones is 1. The van der Waals surface area contributed by atoms with Crippen LogP contribution in [0, 0.1) is 19.7 Å². The number of hydrogen-bond acceptors (Lipinski definition) is 6. The second-order valence-electron chi connectivity index (χ2n) is 5.86. The van der Waals surface area contributed by atoms with Crippen molar-refractivity contribution in [2.75, 3.05) is 13.7 Å². The predicted octanol–water partition coefficient (Wildman–Crippen LogP) is 2.75. The molecule has 0 bridgehead atoms. The van der Waals surface area contributed by atoms with Gasteiger partial charge in [0.2, 0.25) is 5.78 Å². The molecule has 0 saturated carbocycles. The second-order valence-corrected chi connectivity index (χ2v) is 5.86. The van der Waals surface area contributed by atoms with E-state index in [1.165, 1.54) is 38.3 Å². The van der Waals surface area contributed by atoms with Crippen molar-refractivity contribution in [3.05, 3.63) is 52.6 Å². The lowest BCUT2D eigenvalue weighted by Gasteiger charge is -2.13. The number of esters is 2. The van der Waals surface area contributed by atoms with Crippen molar-refractivity contribution in [1.82, 2.24) is 4.98 Å². The number of methoxy groups -OCH3 is 1. The van der Waals surface area contributed by atoms with Gasteiger partial charge in [0.25, 0.3) is 0 Å². The molecule has 0 aliphatic carbocycles. The van der Waals surface area contributed by atoms with E-state index >= 15 is 0 Å². The molecule has 2 aromatic rings. The summed E-state index contributed by atoms with van der Waals surface area (Å²) in [7, 11) is 1.25. The molecule has 0 saturated heterocycles. The average Bonchev–Trinajstić information content (AvgIpc) is 2.94. The van der Waals surface area contributed by atoms with Crippen LogP contribution in [-0.2, 0) is 14.3 Å². The number of Topliss-reactive ketones (excluding diaryl/α,β-unsaturated/α-hetero) is 1. The van der Waals surface area contributed by atoms with Gasteiger partial charge in [-0.25, -0.2) is 14.0 Å². The Hall–Kier alpha value is -3.16. The molecule has 8 heteroatoms. The number of aromatic amines is 1. The van der Waals surface area contributed by atoms with Gasteiger partial charge in [0.15, 0.2) is 12.7 Å². The van der Waals surface area contributed by atoms with Gasteiger partial charge in [-0.1, -0.05) is 0 Å². The number of benzene rings is 1. The van der Waals surface area contributed by atoms with Crippen molar-refractivity contribution in [1.29, 1.82) is 0 Å². The zero-order chi connectivity index (χ0) is 20.1. The molecular formula is C19H20FNO6. The van der Waals surface area contributed by atoms with Crippen LogP contribution in [0.2, 0.25) is 0 Å². The largest absolute Gasteiger partial charge is 0.482 e. The molecule has 144 valence electrons. The molecule has 1 aromatic carbocycles. The van der Waals surface area contributed by atoms with E-state index in [-0.39, 0.29) is 11.3 Å². The number of hydrogen-bond donors (Lipinski definition) is 1. The van der Waals surface area contributed by atoms with Gasteiger partial charge in [-0.3, -0.25) is 4.79 Å². The fourth-order valence-corrected chi connectivity index (χ4v) is 2.57. The quantitative estimate of drug-likeness (QED) is 0.589.